The van der Waals surface area contributed by atoms with Crippen molar-refractivity contribution in [3.63, 3.8) is 0 Å². The van der Waals surface area contributed by atoms with E-state index in [0.717, 1.165) is 31.2 Å². The molecule has 0 saturated heterocycles. The van der Waals surface area contributed by atoms with Crippen LogP contribution < -0.4 is 16.4 Å². The highest BCUT2D eigenvalue weighted by atomic mass is 35.5. The minimum absolute atomic E-state index is 0. The van der Waals surface area contributed by atoms with Crippen LogP contribution in [-0.4, -0.2) is 24.4 Å². The van der Waals surface area contributed by atoms with Crippen molar-refractivity contribution in [2.24, 2.45) is 11.7 Å². The van der Waals surface area contributed by atoms with E-state index in [2.05, 4.69) is 10.6 Å². The fourth-order valence-corrected chi connectivity index (χ4v) is 3.66. The number of halogens is 2. The molecule has 1 saturated carbocycles. The predicted octanol–water partition coefficient (Wildman–Crippen LogP) is 4.06. The number of carbonyl (C=O) groups is 2. The van der Waals surface area contributed by atoms with Gasteiger partial charge in [0.1, 0.15) is 5.82 Å². The van der Waals surface area contributed by atoms with Crippen LogP contribution in [0.5, 0.6) is 0 Å². The topological polar surface area (TPSA) is 84.2 Å². The molecule has 0 aliphatic heterocycles. The van der Waals surface area contributed by atoms with Crippen molar-refractivity contribution in [1.29, 1.82) is 0 Å². The Morgan fingerprint density at radius 1 is 1.10 bits per heavy atom. The predicted molar refractivity (Wildman–Crippen MR) is 115 cm³/mol. The molecule has 2 aromatic rings. The highest BCUT2D eigenvalue weighted by Gasteiger charge is 2.26. The summed E-state index contributed by atoms with van der Waals surface area (Å²) >= 11 is 0. The first-order valence-electron chi connectivity index (χ1n) is 9.67. The van der Waals surface area contributed by atoms with Crippen LogP contribution in [0.25, 0.3) is 0 Å². The van der Waals surface area contributed by atoms with Crippen molar-refractivity contribution in [3.8, 4) is 0 Å². The Balaban J connectivity index is 0.00000300. The van der Waals surface area contributed by atoms with Gasteiger partial charge in [-0.05, 0) is 62.1 Å². The molecule has 0 aromatic heterocycles. The van der Waals surface area contributed by atoms with Gasteiger partial charge in [-0.25, -0.2) is 4.39 Å². The number of amides is 2. The lowest BCUT2D eigenvalue weighted by atomic mass is 9.84. The average molecular weight is 420 g/mol. The molecule has 1 aliphatic carbocycles. The largest absolute Gasteiger partial charge is 0.349 e. The van der Waals surface area contributed by atoms with E-state index in [1.807, 2.05) is 6.92 Å². The Bertz CT molecular complexity index is 875. The van der Waals surface area contributed by atoms with E-state index in [4.69, 9.17) is 5.73 Å². The van der Waals surface area contributed by atoms with E-state index in [1.54, 1.807) is 24.3 Å². The number of aryl methyl sites for hydroxylation is 1. The number of nitrogens with two attached hydrogens (primary N) is 1. The quantitative estimate of drug-likeness (QED) is 0.683. The third-order valence-corrected chi connectivity index (χ3v) is 5.39. The molecule has 0 bridgehead atoms. The van der Waals surface area contributed by atoms with Crippen LogP contribution in [0.1, 0.15) is 52.0 Å². The van der Waals surface area contributed by atoms with Crippen LogP contribution in [0.4, 0.5) is 10.1 Å². The van der Waals surface area contributed by atoms with Gasteiger partial charge in [0.2, 0.25) is 0 Å². The zero-order chi connectivity index (χ0) is 20.1. The van der Waals surface area contributed by atoms with Gasteiger partial charge in [0, 0.05) is 17.3 Å². The molecule has 0 radical (unpaired) electrons. The van der Waals surface area contributed by atoms with Gasteiger partial charge in [-0.2, -0.15) is 0 Å². The molecule has 156 valence electrons. The number of hydrogen-bond donors (Lipinski definition) is 3. The number of nitrogens with one attached hydrogen (secondary N) is 2. The van der Waals surface area contributed by atoms with Crippen molar-refractivity contribution < 1.29 is 14.0 Å². The van der Waals surface area contributed by atoms with Gasteiger partial charge in [0.15, 0.2) is 0 Å². The summed E-state index contributed by atoms with van der Waals surface area (Å²) in [4.78, 5) is 25.1. The number of carbonyl (C=O) groups excluding carboxylic acids is 2. The van der Waals surface area contributed by atoms with Crippen molar-refractivity contribution in [1.82, 2.24) is 5.32 Å². The molecule has 1 fully saturated rings. The van der Waals surface area contributed by atoms with Gasteiger partial charge in [0.05, 0.1) is 5.56 Å². The van der Waals surface area contributed by atoms with Gasteiger partial charge in [-0.3, -0.25) is 9.59 Å². The summed E-state index contributed by atoms with van der Waals surface area (Å²) in [6, 6.07) is 11.0. The van der Waals surface area contributed by atoms with Gasteiger partial charge in [0.25, 0.3) is 11.8 Å². The lowest BCUT2D eigenvalue weighted by molar-refractivity contribution is 0.0907. The minimum Gasteiger partial charge on any atom is -0.349 e. The first-order chi connectivity index (χ1) is 13.5. The highest BCUT2D eigenvalue weighted by Crippen LogP contribution is 2.24. The molecule has 1 aliphatic rings. The SMILES string of the molecule is Cc1ccc(C(=O)NC2CCCCC2CN)cc1NC(=O)c1ccccc1F.Cl. The van der Waals surface area contributed by atoms with Crippen molar-refractivity contribution in [3.05, 3.63) is 65.0 Å². The summed E-state index contributed by atoms with van der Waals surface area (Å²) in [5.74, 6) is -1.03. The number of hydrogen-bond acceptors (Lipinski definition) is 3. The van der Waals surface area contributed by atoms with Crippen LogP contribution in [-0.2, 0) is 0 Å². The van der Waals surface area contributed by atoms with E-state index in [9.17, 15) is 14.0 Å². The zero-order valence-electron chi connectivity index (χ0n) is 16.4. The van der Waals surface area contributed by atoms with Gasteiger partial charge in [-0.15, -0.1) is 12.4 Å². The second-order valence-electron chi connectivity index (χ2n) is 7.32. The average Bonchev–Trinajstić information content (AvgIpc) is 2.70. The molecule has 0 heterocycles. The second-order valence-corrected chi connectivity index (χ2v) is 7.32. The molecule has 2 aromatic carbocycles. The number of anilines is 1. The van der Waals surface area contributed by atoms with Crippen LogP contribution in [0.3, 0.4) is 0 Å². The number of benzene rings is 2. The molecular formula is C22H27ClFN3O2. The maximum Gasteiger partial charge on any atom is 0.258 e. The van der Waals surface area contributed by atoms with Gasteiger partial charge >= 0.3 is 0 Å². The highest BCUT2D eigenvalue weighted by molar-refractivity contribution is 6.05. The Labute approximate surface area is 176 Å². The summed E-state index contributed by atoms with van der Waals surface area (Å²) < 4.78 is 13.8. The fourth-order valence-electron chi connectivity index (χ4n) is 3.66. The number of rotatable bonds is 5. The Morgan fingerprint density at radius 3 is 2.55 bits per heavy atom. The van der Waals surface area contributed by atoms with E-state index in [-0.39, 0.29) is 29.9 Å². The molecule has 5 nitrogen and oxygen atoms in total. The first kappa shape index (κ1) is 22.8. The smallest absolute Gasteiger partial charge is 0.258 e. The monoisotopic (exact) mass is 419 g/mol. The van der Waals surface area contributed by atoms with Crippen LogP contribution in [0.15, 0.2) is 42.5 Å². The van der Waals surface area contributed by atoms with Gasteiger partial charge < -0.3 is 16.4 Å². The molecule has 2 unspecified atom stereocenters. The van der Waals surface area contributed by atoms with Gasteiger partial charge in [-0.1, -0.05) is 31.0 Å². The van der Waals surface area contributed by atoms with Crippen LogP contribution in [0, 0.1) is 18.7 Å². The Kier molecular flexibility index (Phi) is 8.17. The lowest BCUT2D eigenvalue weighted by Gasteiger charge is -2.31. The Morgan fingerprint density at radius 2 is 1.83 bits per heavy atom. The fraction of sp³-hybridized carbons (Fsp3) is 0.364. The third kappa shape index (κ3) is 5.55. The molecule has 2 amide bonds. The van der Waals surface area contributed by atoms with Crippen molar-refractivity contribution in [2.45, 2.75) is 38.6 Å². The zero-order valence-corrected chi connectivity index (χ0v) is 17.2. The molecular weight excluding hydrogens is 393 g/mol. The van der Waals surface area contributed by atoms with Crippen molar-refractivity contribution in [2.75, 3.05) is 11.9 Å². The maximum absolute atomic E-state index is 13.8. The molecule has 3 rings (SSSR count). The van der Waals surface area contributed by atoms with Crippen LogP contribution in [0.2, 0.25) is 0 Å². The van der Waals surface area contributed by atoms with Crippen molar-refractivity contribution >= 4 is 29.9 Å². The summed E-state index contributed by atoms with van der Waals surface area (Å²) in [6.07, 6.45) is 4.18. The summed E-state index contributed by atoms with van der Waals surface area (Å²) in [5, 5.41) is 5.79. The maximum atomic E-state index is 13.8. The molecule has 4 N–H and O–H groups in total. The summed E-state index contributed by atoms with van der Waals surface area (Å²) in [7, 11) is 0. The van der Waals surface area contributed by atoms with Crippen LogP contribution >= 0.6 is 12.4 Å². The first-order valence-corrected chi connectivity index (χ1v) is 9.67. The van der Waals surface area contributed by atoms with E-state index in [0.29, 0.717) is 23.7 Å². The Hall–Kier alpha value is -2.44. The van der Waals surface area contributed by atoms with E-state index >= 15 is 0 Å². The van der Waals surface area contributed by atoms with E-state index < -0.39 is 11.7 Å². The summed E-state index contributed by atoms with van der Waals surface area (Å²) in [6.45, 7) is 2.38. The second kappa shape index (κ2) is 10.4. The standard InChI is InChI=1S/C22H26FN3O2.ClH/c1-14-10-11-15(21(27)25-19-9-5-2-6-16(19)13-24)12-20(14)26-22(28)17-7-3-4-8-18(17)23;/h3-4,7-8,10-12,16,19H,2,5-6,9,13,24H2,1H3,(H,25,27)(H,26,28);1H. The summed E-state index contributed by atoms with van der Waals surface area (Å²) in [5.41, 5.74) is 7.54. The lowest BCUT2D eigenvalue weighted by Crippen LogP contribution is -2.44. The normalized spacial score (nSPS) is 18.4. The molecule has 0 spiro atoms. The minimum atomic E-state index is -0.586. The molecule has 29 heavy (non-hydrogen) atoms. The molecule has 7 heteroatoms. The van der Waals surface area contributed by atoms with E-state index in [1.165, 1.54) is 18.2 Å². The third-order valence-electron chi connectivity index (χ3n) is 5.39. The molecule has 2 atom stereocenters.